The first-order chi connectivity index (χ1) is 22.8. The summed E-state index contributed by atoms with van der Waals surface area (Å²) in [6.45, 7) is 8.18. The Morgan fingerprint density at radius 2 is 1.77 bits per heavy atom. The van der Waals surface area contributed by atoms with Gasteiger partial charge in [0.05, 0.1) is 30.5 Å². The summed E-state index contributed by atoms with van der Waals surface area (Å²) in [7, 11) is -2.26. The van der Waals surface area contributed by atoms with Crippen LogP contribution in [0.15, 0.2) is 65.7 Å². The largest absolute Gasteiger partial charge is 0.497 e. The van der Waals surface area contributed by atoms with Gasteiger partial charge in [0.25, 0.3) is 10.1 Å². The molecule has 2 heterocycles. The lowest BCUT2D eigenvalue weighted by atomic mass is 9.85. The summed E-state index contributed by atoms with van der Waals surface area (Å²) >= 11 is 0. The maximum absolute atomic E-state index is 13.2. The molecule has 0 bridgehead atoms. The zero-order chi connectivity index (χ0) is 33.8. The van der Waals surface area contributed by atoms with Crippen molar-refractivity contribution in [2.24, 2.45) is 5.92 Å². The molecule has 48 heavy (non-hydrogen) atoms. The fourth-order valence-corrected chi connectivity index (χ4v) is 8.12. The van der Waals surface area contributed by atoms with E-state index in [-0.39, 0.29) is 34.9 Å². The maximum atomic E-state index is 13.2. The Kier molecular flexibility index (Phi) is 8.14. The second kappa shape index (κ2) is 12.1. The predicted molar refractivity (Wildman–Crippen MR) is 181 cm³/mol. The monoisotopic (exact) mass is 673 g/mol. The number of aromatic nitrogens is 3. The van der Waals surface area contributed by atoms with Gasteiger partial charge >= 0.3 is 6.09 Å². The molecule has 2 saturated carbocycles. The Balaban J connectivity index is 1.20. The number of nitrogens with one attached hydrogen (secondary N) is 1. The number of hydrogen-bond donors (Lipinski definition) is 1. The van der Waals surface area contributed by atoms with Crippen LogP contribution in [0.3, 0.4) is 0 Å². The third kappa shape index (κ3) is 6.23. The van der Waals surface area contributed by atoms with E-state index in [1.807, 2.05) is 50.4 Å². The highest BCUT2D eigenvalue weighted by Gasteiger charge is 2.58. The van der Waals surface area contributed by atoms with Gasteiger partial charge in [-0.05, 0) is 95.5 Å². The number of rotatable bonds is 10. The van der Waals surface area contributed by atoms with E-state index in [1.54, 1.807) is 37.6 Å². The van der Waals surface area contributed by atoms with Crippen molar-refractivity contribution in [2.75, 3.05) is 18.6 Å². The van der Waals surface area contributed by atoms with Gasteiger partial charge in [0.1, 0.15) is 17.2 Å². The summed E-state index contributed by atoms with van der Waals surface area (Å²) in [6, 6.07) is 16.8. The molecule has 4 aromatic rings. The number of anilines is 1. The van der Waals surface area contributed by atoms with Gasteiger partial charge in [-0.2, -0.15) is 18.0 Å². The van der Waals surface area contributed by atoms with Crippen LogP contribution in [0.4, 0.5) is 10.6 Å². The van der Waals surface area contributed by atoms with E-state index in [1.165, 1.54) is 0 Å². The summed E-state index contributed by atoms with van der Waals surface area (Å²) in [5.74, 6) is 1.71. The SMILES string of the molecule is COc1ccc(CN(c2c3c(nc4ccnn24)C2(CC2)C(COS(=O)(=O)c2ccc(C)cc2)C3)C2CC(NC(=O)OC(C)(C)C)C2)cc1. The van der Waals surface area contributed by atoms with Crippen molar-refractivity contribution in [3.63, 3.8) is 0 Å². The smallest absolute Gasteiger partial charge is 0.407 e. The maximum Gasteiger partial charge on any atom is 0.407 e. The van der Waals surface area contributed by atoms with E-state index in [0.29, 0.717) is 13.0 Å². The molecule has 1 amide bonds. The quantitative estimate of drug-likeness (QED) is 0.211. The number of nitrogens with zero attached hydrogens (tertiary/aromatic N) is 4. The van der Waals surface area contributed by atoms with Crippen molar-refractivity contribution in [3.05, 3.63) is 83.2 Å². The van der Waals surface area contributed by atoms with E-state index in [4.69, 9.17) is 23.7 Å². The van der Waals surface area contributed by atoms with Gasteiger partial charge in [-0.3, -0.25) is 4.18 Å². The van der Waals surface area contributed by atoms with Crippen LogP contribution < -0.4 is 15.0 Å². The van der Waals surface area contributed by atoms with Crippen LogP contribution in [-0.2, 0) is 37.4 Å². The van der Waals surface area contributed by atoms with Gasteiger partial charge < -0.3 is 19.7 Å². The van der Waals surface area contributed by atoms with Crippen molar-refractivity contribution in [1.82, 2.24) is 19.9 Å². The van der Waals surface area contributed by atoms with Crippen LogP contribution in [0.2, 0.25) is 0 Å². The molecular formula is C36H43N5O6S. The second-order valence-electron chi connectivity index (χ2n) is 14.4. The average Bonchev–Trinajstić information content (AvgIpc) is 3.58. The van der Waals surface area contributed by atoms with Gasteiger partial charge in [-0.15, -0.1) is 0 Å². The average molecular weight is 674 g/mol. The van der Waals surface area contributed by atoms with Crippen molar-refractivity contribution in [1.29, 1.82) is 0 Å². The number of carbonyl (C=O) groups is 1. The molecule has 1 unspecified atom stereocenters. The molecule has 2 aromatic carbocycles. The third-order valence-electron chi connectivity index (χ3n) is 9.89. The van der Waals surface area contributed by atoms with Crippen LogP contribution in [-0.4, -0.2) is 60.5 Å². The molecule has 2 aromatic heterocycles. The standard InChI is InChI=1S/C36H43N5O6S/c1-23-6-12-29(13-7-23)48(43,44)46-22-25-18-30-32(36(25)15-16-36)39-31-14-17-37-41(31)33(30)40(21-24-8-10-28(45-5)11-9-24)27-19-26(20-27)38-34(42)47-35(2,3)4/h6-14,17,25-27H,15-16,18-22H2,1-5H3,(H,38,42). The number of carbonyl (C=O) groups excluding carboxylic acids is 1. The zero-order valence-electron chi connectivity index (χ0n) is 28.1. The number of alkyl carbamates (subject to hydrolysis) is 1. The van der Waals surface area contributed by atoms with E-state index in [9.17, 15) is 13.2 Å². The van der Waals surface area contributed by atoms with Crippen LogP contribution >= 0.6 is 0 Å². The van der Waals surface area contributed by atoms with Gasteiger partial charge in [-0.25, -0.2) is 9.78 Å². The molecule has 254 valence electrons. The number of fused-ring (bicyclic) bond motifs is 3. The highest BCUT2D eigenvalue weighted by Crippen LogP contribution is 2.61. The third-order valence-corrected chi connectivity index (χ3v) is 11.2. The first kappa shape index (κ1) is 32.4. The summed E-state index contributed by atoms with van der Waals surface area (Å²) in [4.78, 5) is 20.3. The van der Waals surface area contributed by atoms with Gasteiger partial charge in [0, 0.05) is 35.7 Å². The van der Waals surface area contributed by atoms with Crippen molar-refractivity contribution >= 4 is 27.7 Å². The van der Waals surface area contributed by atoms with Crippen LogP contribution in [0, 0.1) is 12.8 Å². The predicted octanol–water partition coefficient (Wildman–Crippen LogP) is 5.72. The minimum atomic E-state index is -3.91. The Morgan fingerprint density at radius 3 is 2.42 bits per heavy atom. The minimum Gasteiger partial charge on any atom is -0.497 e. The highest BCUT2D eigenvalue weighted by molar-refractivity contribution is 7.86. The molecule has 1 spiro atoms. The van der Waals surface area contributed by atoms with Crippen molar-refractivity contribution < 1.29 is 26.9 Å². The van der Waals surface area contributed by atoms with E-state index >= 15 is 0 Å². The number of benzene rings is 2. The topological polar surface area (TPSA) is 124 Å². The fourth-order valence-electron chi connectivity index (χ4n) is 7.17. The molecule has 0 saturated heterocycles. The molecule has 3 aliphatic rings. The number of methoxy groups -OCH3 is 1. The molecule has 1 atom stereocenters. The molecule has 1 N–H and O–H groups in total. The summed E-state index contributed by atoms with van der Waals surface area (Å²) < 4.78 is 45.0. The summed E-state index contributed by atoms with van der Waals surface area (Å²) in [5, 5.41) is 7.77. The lowest BCUT2D eigenvalue weighted by Crippen LogP contribution is -2.55. The number of hydrogen-bond acceptors (Lipinski definition) is 9. The molecule has 11 nitrogen and oxygen atoms in total. The molecule has 0 radical (unpaired) electrons. The van der Waals surface area contributed by atoms with Crippen molar-refractivity contribution in [3.8, 4) is 5.75 Å². The normalized spacial score (nSPS) is 21.1. The van der Waals surface area contributed by atoms with Crippen LogP contribution in [0.1, 0.15) is 68.8 Å². The van der Waals surface area contributed by atoms with E-state index < -0.39 is 21.8 Å². The van der Waals surface area contributed by atoms with E-state index in [0.717, 1.165) is 65.3 Å². The number of aryl methyl sites for hydroxylation is 1. The van der Waals surface area contributed by atoms with Gasteiger partial charge in [0.2, 0.25) is 0 Å². The Labute approximate surface area is 281 Å². The molecule has 0 aliphatic heterocycles. The van der Waals surface area contributed by atoms with Crippen molar-refractivity contribution in [2.45, 2.75) is 94.3 Å². The minimum absolute atomic E-state index is 0.0193. The lowest BCUT2D eigenvalue weighted by molar-refractivity contribution is 0.0470. The Bertz CT molecular complexity index is 1920. The Hall–Kier alpha value is -4.16. The number of amides is 1. The highest BCUT2D eigenvalue weighted by atomic mass is 32.2. The van der Waals surface area contributed by atoms with Gasteiger partial charge in [0.15, 0.2) is 5.65 Å². The lowest BCUT2D eigenvalue weighted by Gasteiger charge is -2.44. The zero-order valence-corrected chi connectivity index (χ0v) is 28.9. The molecule has 7 rings (SSSR count). The molecule has 2 fully saturated rings. The van der Waals surface area contributed by atoms with Crippen LogP contribution in [0.25, 0.3) is 5.65 Å². The first-order valence-corrected chi connectivity index (χ1v) is 18.0. The summed E-state index contributed by atoms with van der Waals surface area (Å²) in [6.07, 6.45) is 5.32. The number of ether oxygens (including phenoxy) is 2. The van der Waals surface area contributed by atoms with Crippen LogP contribution in [0.5, 0.6) is 5.75 Å². The fraction of sp³-hybridized carbons (Fsp3) is 0.472. The molecule has 12 heteroatoms. The molecular weight excluding hydrogens is 630 g/mol. The molecule has 3 aliphatic carbocycles. The Morgan fingerprint density at radius 1 is 1.06 bits per heavy atom. The van der Waals surface area contributed by atoms with Gasteiger partial charge in [-0.1, -0.05) is 29.8 Å². The second-order valence-corrected chi connectivity index (χ2v) is 16.0. The summed E-state index contributed by atoms with van der Waals surface area (Å²) in [5.41, 5.74) is 4.15. The van der Waals surface area contributed by atoms with E-state index in [2.05, 4.69) is 22.3 Å². The first-order valence-electron chi connectivity index (χ1n) is 16.6.